The number of fused-ring (bicyclic) bond motifs is 1. The molecule has 0 aliphatic heterocycles. The molecule has 4 nitrogen and oxygen atoms in total. The highest BCUT2D eigenvalue weighted by atomic mass is 32.1. The maximum absolute atomic E-state index is 10.4. The maximum atomic E-state index is 10.4. The van der Waals surface area contributed by atoms with Crippen LogP contribution in [0.5, 0.6) is 5.75 Å². The molecule has 0 unspecified atom stereocenters. The monoisotopic (exact) mass is 298 g/mol. The van der Waals surface area contributed by atoms with Gasteiger partial charge in [-0.15, -0.1) is 11.3 Å². The Balaban J connectivity index is 1.94. The van der Waals surface area contributed by atoms with E-state index in [4.69, 9.17) is 4.74 Å². The predicted molar refractivity (Wildman–Crippen MR) is 85.9 cm³/mol. The van der Waals surface area contributed by atoms with Gasteiger partial charge in [-0.2, -0.15) is 0 Å². The smallest absolute Gasteiger partial charge is 0.211 e. The number of carbonyl (C=O) groups is 1. The van der Waals surface area contributed by atoms with E-state index in [0.29, 0.717) is 13.0 Å². The molecule has 1 aromatic heterocycles. The minimum absolute atomic E-state index is 0.655. The highest BCUT2D eigenvalue weighted by Crippen LogP contribution is 2.32. The predicted octanol–water partition coefficient (Wildman–Crippen LogP) is 3.93. The molecule has 0 saturated heterocycles. The molecule has 1 N–H and O–H groups in total. The van der Waals surface area contributed by atoms with Crippen LogP contribution >= 0.6 is 11.3 Å². The summed E-state index contributed by atoms with van der Waals surface area (Å²) in [6.45, 7) is 2.62. The first-order valence-corrected chi connectivity index (χ1v) is 7.46. The van der Waals surface area contributed by atoms with Gasteiger partial charge in [-0.3, -0.25) is 4.79 Å². The van der Waals surface area contributed by atoms with Gasteiger partial charge in [0.15, 0.2) is 0 Å². The summed E-state index contributed by atoms with van der Waals surface area (Å²) in [5.74, 6) is 0.866. The zero-order chi connectivity index (χ0) is 14.7. The number of nitrogens with one attached hydrogen (secondary N) is 1. The molecule has 3 rings (SSSR count). The Morgan fingerprint density at radius 3 is 2.76 bits per heavy atom. The van der Waals surface area contributed by atoms with Crippen LogP contribution in [-0.2, 0) is 4.79 Å². The molecule has 0 spiro atoms. The second-order valence-electron chi connectivity index (χ2n) is 4.42. The lowest BCUT2D eigenvalue weighted by atomic mass is 10.2. The average molecular weight is 298 g/mol. The van der Waals surface area contributed by atoms with Crippen molar-refractivity contribution >= 4 is 33.7 Å². The van der Waals surface area contributed by atoms with Gasteiger partial charge in [-0.25, -0.2) is 4.98 Å². The van der Waals surface area contributed by atoms with E-state index < -0.39 is 0 Å². The highest BCUT2D eigenvalue weighted by Gasteiger charge is 2.07. The van der Waals surface area contributed by atoms with E-state index in [1.54, 1.807) is 11.3 Å². The Labute approximate surface area is 126 Å². The molecule has 0 saturated carbocycles. The van der Waals surface area contributed by atoms with Crippen molar-refractivity contribution in [2.45, 2.75) is 6.92 Å². The van der Waals surface area contributed by atoms with Crippen molar-refractivity contribution in [2.75, 3.05) is 11.9 Å². The normalized spacial score (nSPS) is 10.5. The minimum atomic E-state index is 0.655. The molecule has 0 aliphatic carbocycles. The summed E-state index contributed by atoms with van der Waals surface area (Å²) in [5, 5.41) is 3.58. The molecule has 0 atom stereocenters. The molecule has 0 aliphatic rings. The van der Waals surface area contributed by atoms with Crippen LogP contribution in [0.1, 0.15) is 6.92 Å². The van der Waals surface area contributed by atoms with Crippen LogP contribution in [0.2, 0.25) is 0 Å². The first-order valence-electron chi connectivity index (χ1n) is 6.64. The zero-order valence-corrected chi connectivity index (χ0v) is 12.3. The van der Waals surface area contributed by atoms with Gasteiger partial charge in [0.1, 0.15) is 10.8 Å². The number of aromatic nitrogens is 1. The van der Waals surface area contributed by atoms with Gasteiger partial charge in [0.05, 0.1) is 16.8 Å². The molecule has 0 bridgehead atoms. The third-order valence-corrected chi connectivity index (χ3v) is 4.10. The van der Waals surface area contributed by atoms with Crippen molar-refractivity contribution in [2.24, 2.45) is 0 Å². The molecule has 1 heterocycles. The van der Waals surface area contributed by atoms with E-state index >= 15 is 0 Å². The number of anilines is 1. The standard InChI is InChI=1S/C16H14N2O2S/c1-2-20-13-7-8-14-15(9-13)21-16(18-14)11-3-5-12(6-4-11)17-10-19/h3-10H,2H2,1H3,(H,17,19). The van der Waals surface area contributed by atoms with Gasteiger partial charge in [-0.05, 0) is 49.4 Å². The third-order valence-electron chi connectivity index (χ3n) is 3.03. The summed E-state index contributed by atoms with van der Waals surface area (Å²) >= 11 is 1.63. The van der Waals surface area contributed by atoms with Crippen molar-refractivity contribution in [1.29, 1.82) is 0 Å². The summed E-state index contributed by atoms with van der Waals surface area (Å²) in [6.07, 6.45) is 0.669. The molecule has 0 radical (unpaired) electrons. The van der Waals surface area contributed by atoms with Gasteiger partial charge in [-0.1, -0.05) is 0 Å². The zero-order valence-electron chi connectivity index (χ0n) is 11.5. The van der Waals surface area contributed by atoms with Crippen molar-refractivity contribution in [3.63, 3.8) is 0 Å². The van der Waals surface area contributed by atoms with Crippen molar-refractivity contribution in [1.82, 2.24) is 4.98 Å². The summed E-state index contributed by atoms with van der Waals surface area (Å²) in [6, 6.07) is 13.6. The van der Waals surface area contributed by atoms with Gasteiger partial charge < -0.3 is 10.1 Å². The largest absolute Gasteiger partial charge is 0.494 e. The second kappa shape index (κ2) is 5.93. The SMILES string of the molecule is CCOc1ccc2nc(-c3ccc(NC=O)cc3)sc2c1. The lowest BCUT2D eigenvalue weighted by Gasteiger charge is -2.00. The van der Waals surface area contributed by atoms with E-state index in [1.807, 2.05) is 49.4 Å². The molecule has 0 fully saturated rings. The molecule has 1 amide bonds. The number of rotatable bonds is 5. The van der Waals surface area contributed by atoms with Gasteiger partial charge >= 0.3 is 0 Å². The van der Waals surface area contributed by atoms with E-state index in [-0.39, 0.29) is 0 Å². The Kier molecular flexibility index (Phi) is 3.83. The van der Waals surface area contributed by atoms with E-state index in [0.717, 1.165) is 32.2 Å². The van der Waals surface area contributed by atoms with Crippen molar-refractivity contribution in [3.05, 3.63) is 42.5 Å². The Morgan fingerprint density at radius 2 is 2.05 bits per heavy atom. The maximum Gasteiger partial charge on any atom is 0.211 e. The summed E-state index contributed by atoms with van der Waals surface area (Å²) < 4.78 is 6.61. The lowest BCUT2D eigenvalue weighted by molar-refractivity contribution is -0.105. The number of ether oxygens (including phenoxy) is 1. The first kappa shape index (κ1) is 13.6. The van der Waals surface area contributed by atoms with Crippen LogP contribution in [0.4, 0.5) is 5.69 Å². The fourth-order valence-corrected chi connectivity index (χ4v) is 3.06. The van der Waals surface area contributed by atoms with Gasteiger partial charge in [0, 0.05) is 11.3 Å². The summed E-state index contributed by atoms with van der Waals surface area (Å²) in [7, 11) is 0. The van der Waals surface area contributed by atoms with E-state index in [2.05, 4.69) is 10.3 Å². The Bertz CT molecular complexity index is 766. The first-order chi connectivity index (χ1) is 10.3. The minimum Gasteiger partial charge on any atom is -0.494 e. The number of hydrogen-bond donors (Lipinski definition) is 1. The van der Waals surface area contributed by atoms with E-state index in [9.17, 15) is 4.79 Å². The molecule has 3 aromatic rings. The van der Waals surface area contributed by atoms with Crippen molar-refractivity contribution in [3.8, 4) is 16.3 Å². The lowest BCUT2D eigenvalue weighted by Crippen LogP contribution is -1.92. The quantitative estimate of drug-likeness (QED) is 0.726. The van der Waals surface area contributed by atoms with Crippen LogP contribution < -0.4 is 10.1 Å². The number of amides is 1. The molecule has 5 heteroatoms. The average Bonchev–Trinajstić information content (AvgIpc) is 2.92. The molecule has 106 valence electrons. The van der Waals surface area contributed by atoms with Crippen molar-refractivity contribution < 1.29 is 9.53 Å². The second-order valence-corrected chi connectivity index (χ2v) is 5.45. The fraction of sp³-hybridized carbons (Fsp3) is 0.125. The molecule has 21 heavy (non-hydrogen) atoms. The third kappa shape index (κ3) is 2.87. The van der Waals surface area contributed by atoms with Gasteiger partial charge in [0.2, 0.25) is 6.41 Å². The van der Waals surface area contributed by atoms with Crippen LogP contribution in [0.3, 0.4) is 0 Å². The number of hydrogen-bond acceptors (Lipinski definition) is 4. The van der Waals surface area contributed by atoms with Crippen LogP contribution in [0.25, 0.3) is 20.8 Å². The molecular weight excluding hydrogens is 284 g/mol. The number of thiazole rings is 1. The number of nitrogens with zero attached hydrogens (tertiary/aromatic N) is 1. The number of carbonyl (C=O) groups excluding carboxylic acids is 1. The van der Waals surface area contributed by atoms with Crippen LogP contribution in [0, 0.1) is 0 Å². The fourth-order valence-electron chi connectivity index (χ4n) is 2.06. The van der Waals surface area contributed by atoms with Crippen LogP contribution in [-0.4, -0.2) is 18.0 Å². The van der Waals surface area contributed by atoms with E-state index in [1.165, 1.54) is 0 Å². The summed E-state index contributed by atoms with van der Waals surface area (Å²) in [5.41, 5.74) is 2.77. The molecule has 2 aromatic carbocycles. The Hall–Kier alpha value is -2.40. The summed E-state index contributed by atoms with van der Waals surface area (Å²) in [4.78, 5) is 15.0. The molecular formula is C16H14N2O2S. The Morgan fingerprint density at radius 1 is 1.24 bits per heavy atom. The van der Waals surface area contributed by atoms with Crippen LogP contribution in [0.15, 0.2) is 42.5 Å². The van der Waals surface area contributed by atoms with Gasteiger partial charge in [0.25, 0.3) is 0 Å². The topological polar surface area (TPSA) is 51.2 Å². The number of benzene rings is 2. The highest BCUT2D eigenvalue weighted by molar-refractivity contribution is 7.21.